The van der Waals surface area contributed by atoms with E-state index < -0.39 is 5.41 Å². The van der Waals surface area contributed by atoms with Crippen molar-refractivity contribution in [3.63, 3.8) is 0 Å². The van der Waals surface area contributed by atoms with Crippen LogP contribution in [0.2, 0.25) is 0 Å². The lowest BCUT2D eigenvalue weighted by atomic mass is 9.66. The molecule has 23 heavy (non-hydrogen) atoms. The molecule has 1 aromatic rings. The highest BCUT2D eigenvalue weighted by molar-refractivity contribution is 6.12. The first-order valence-corrected chi connectivity index (χ1v) is 8.54. The Morgan fingerprint density at radius 2 is 2.26 bits per heavy atom. The summed E-state index contributed by atoms with van der Waals surface area (Å²) in [7, 11) is 0. The number of Topliss-reactive ketones (excluding diaryl/α,β-unsaturated/α-hetero) is 1. The minimum absolute atomic E-state index is 0.00690. The van der Waals surface area contributed by atoms with Gasteiger partial charge >= 0.3 is 0 Å². The average Bonchev–Trinajstić information content (AvgIpc) is 3.30. The molecule has 122 valence electrons. The van der Waals surface area contributed by atoms with Crippen LogP contribution in [0.5, 0.6) is 0 Å². The molecular formula is C18H23N3O2. The molecule has 3 aliphatic rings. The van der Waals surface area contributed by atoms with E-state index in [1.54, 1.807) is 18.3 Å². The summed E-state index contributed by atoms with van der Waals surface area (Å²) in [5, 5.41) is 5.86. The van der Waals surface area contributed by atoms with Crippen molar-refractivity contribution in [2.75, 3.05) is 6.54 Å². The first-order valence-electron chi connectivity index (χ1n) is 8.54. The van der Waals surface area contributed by atoms with Crippen molar-refractivity contribution < 1.29 is 9.59 Å². The van der Waals surface area contributed by atoms with Crippen LogP contribution in [0, 0.1) is 23.2 Å². The fourth-order valence-electron chi connectivity index (χ4n) is 4.96. The Labute approximate surface area is 136 Å². The third kappa shape index (κ3) is 2.09. The molecule has 5 heteroatoms. The van der Waals surface area contributed by atoms with Gasteiger partial charge in [0.1, 0.15) is 6.54 Å². The zero-order valence-corrected chi connectivity index (χ0v) is 13.7. The topological polar surface area (TPSA) is 65.5 Å². The van der Waals surface area contributed by atoms with E-state index in [0.29, 0.717) is 17.5 Å². The Hall–Kier alpha value is -1.91. The Morgan fingerprint density at radius 3 is 2.87 bits per heavy atom. The molecule has 0 aromatic carbocycles. The maximum absolute atomic E-state index is 13.1. The monoisotopic (exact) mass is 313 g/mol. The summed E-state index contributed by atoms with van der Waals surface area (Å²) in [5.74, 6) is 1.74. The van der Waals surface area contributed by atoms with Crippen LogP contribution < -0.4 is 0 Å². The highest BCUT2D eigenvalue weighted by Crippen LogP contribution is 2.56. The van der Waals surface area contributed by atoms with Gasteiger partial charge in [0.15, 0.2) is 0 Å². The van der Waals surface area contributed by atoms with E-state index in [1.165, 1.54) is 24.3 Å². The predicted octanol–water partition coefficient (Wildman–Crippen LogP) is 2.86. The largest absolute Gasteiger partial charge is 0.359 e. The quantitative estimate of drug-likeness (QED) is 0.869. The van der Waals surface area contributed by atoms with E-state index >= 15 is 0 Å². The molecule has 1 N–H and O–H groups in total. The molecule has 2 fully saturated rings. The van der Waals surface area contributed by atoms with Gasteiger partial charge in [-0.2, -0.15) is 5.10 Å². The van der Waals surface area contributed by atoms with Crippen molar-refractivity contribution in [2.24, 2.45) is 28.3 Å². The predicted molar refractivity (Wildman–Crippen MR) is 87.0 cm³/mol. The number of fused-ring (bicyclic) bond motifs is 2. The number of carbonyl (C=O) groups is 2. The number of nitrogens with zero attached hydrogens (tertiary/aromatic N) is 2. The highest BCUT2D eigenvalue weighted by Gasteiger charge is 2.57. The number of hydrogen-bond donors (Lipinski definition) is 1. The van der Waals surface area contributed by atoms with Gasteiger partial charge in [-0.15, -0.1) is 0 Å². The zero-order chi connectivity index (χ0) is 16.2. The molecule has 2 aliphatic carbocycles. The van der Waals surface area contributed by atoms with Crippen molar-refractivity contribution in [2.45, 2.75) is 39.5 Å². The van der Waals surface area contributed by atoms with Crippen molar-refractivity contribution in [1.82, 2.24) is 9.99 Å². The lowest BCUT2D eigenvalue weighted by molar-refractivity contribution is -0.138. The number of nitrogens with one attached hydrogen (secondary N) is 1. The fraction of sp³-hybridized carbons (Fsp3) is 0.611. The first-order chi connectivity index (χ1) is 11.0. The van der Waals surface area contributed by atoms with Crippen molar-refractivity contribution >= 4 is 17.4 Å². The number of hydrogen-bond acceptors (Lipinski definition) is 3. The van der Waals surface area contributed by atoms with Gasteiger partial charge in [0, 0.05) is 6.20 Å². The van der Waals surface area contributed by atoms with E-state index in [1.807, 2.05) is 13.8 Å². The number of amides is 1. The van der Waals surface area contributed by atoms with E-state index in [4.69, 9.17) is 0 Å². The molecule has 4 atom stereocenters. The van der Waals surface area contributed by atoms with Crippen LogP contribution in [-0.2, 0) is 4.79 Å². The molecule has 2 saturated carbocycles. The number of ketones is 1. The number of carbonyl (C=O) groups excluding carboxylic acids is 2. The van der Waals surface area contributed by atoms with Crippen LogP contribution in [-0.4, -0.2) is 33.9 Å². The van der Waals surface area contributed by atoms with E-state index in [-0.39, 0.29) is 18.2 Å². The maximum atomic E-state index is 13.1. The maximum Gasteiger partial charge on any atom is 0.255 e. The molecule has 5 nitrogen and oxygen atoms in total. The normalized spacial score (nSPS) is 35.9. The van der Waals surface area contributed by atoms with Gasteiger partial charge < -0.3 is 4.98 Å². The summed E-state index contributed by atoms with van der Waals surface area (Å²) in [4.78, 5) is 28.2. The molecule has 4 rings (SSSR count). The van der Waals surface area contributed by atoms with Crippen LogP contribution in [0.3, 0.4) is 0 Å². The van der Waals surface area contributed by atoms with Gasteiger partial charge in [-0.1, -0.05) is 6.42 Å². The number of hydrazone groups is 1. The van der Waals surface area contributed by atoms with E-state index in [0.717, 1.165) is 18.1 Å². The summed E-state index contributed by atoms with van der Waals surface area (Å²) in [5.41, 5.74) is 0.883. The molecule has 0 radical (unpaired) electrons. The molecule has 1 amide bonds. The molecule has 1 aliphatic heterocycles. The van der Waals surface area contributed by atoms with Gasteiger partial charge in [-0.25, -0.2) is 5.01 Å². The minimum atomic E-state index is -0.518. The van der Waals surface area contributed by atoms with Crippen molar-refractivity contribution in [3.8, 4) is 0 Å². The molecular weight excluding hydrogens is 290 g/mol. The summed E-state index contributed by atoms with van der Waals surface area (Å²) < 4.78 is 0. The van der Waals surface area contributed by atoms with Crippen LogP contribution in [0.15, 0.2) is 23.4 Å². The SMILES string of the molecule is CC1=NN(CC(=O)c2ccc[nH]2)C(=O)C1(C)[C@H]1C[C@@H]2CC[C@@H]1C2. The first kappa shape index (κ1) is 14.7. The average molecular weight is 313 g/mol. The second-order valence-corrected chi connectivity index (χ2v) is 7.54. The third-order valence-corrected chi connectivity index (χ3v) is 6.37. The lowest BCUT2D eigenvalue weighted by Crippen LogP contribution is -2.45. The number of H-pyrrole nitrogens is 1. The second-order valence-electron chi connectivity index (χ2n) is 7.54. The standard InChI is InChI=1S/C18H23N3O2/c1-11-18(2,14-9-12-5-6-13(14)8-12)17(23)21(20-11)10-16(22)15-4-3-7-19-15/h3-4,7,12-14,19H,5-6,8-10H2,1-2H3/t12-,13-,14+,18?/m1/s1. The molecule has 2 heterocycles. The third-order valence-electron chi connectivity index (χ3n) is 6.37. The zero-order valence-electron chi connectivity index (χ0n) is 13.7. The fourth-order valence-corrected chi connectivity index (χ4v) is 4.96. The van der Waals surface area contributed by atoms with Crippen molar-refractivity contribution in [3.05, 3.63) is 24.0 Å². The number of aromatic amines is 1. The molecule has 2 bridgehead atoms. The van der Waals surface area contributed by atoms with Gasteiger partial charge in [0.05, 0.1) is 16.8 Å². The lowest BCUT2D eigenvalue weighted by Gasteiger charge is -2.35. The highest BCUT2D eigenvalue weighted by atomic mass is 16.2. The van der Waals surface area contributed by atoms with Gasteiger partial charge in [0.2, 0.25) is 5.78 Å². The molecule has 0 saturated heterocycles. The molecule has 1 unspecified atom stereocenters. The van der Waals surface area contributed by atoms with Crippen LogP contribution in [0.25, 0.3) is 0 Å². The van der Waals surface area contributed by atoms with Crippen LogP contribution >= 0.6 is 0 Å². The van der Waals surface area contributed by atoms with Gasteiger partial charge in [-0.3, -0.25) is 9.59 Å². The van der Waals surface area contributed by atoms with Crippen LogP contribution in [0.4, 0.5) is 0 Å². The number of aromatic nitrogens is 1. The summed E-state index contributed by atoms with van der Waals surface area (Å²) >= 11 is 0. The summed E-state index contributed by atoms with van der Waals surface area (Å²) in [6.45, 7) is 4.01. The summed E-state index contributed by atoms with van der Waals surface area (Å²) in [6.07, 6.45) is 6.68. The number of rotatable bonds is 4. The second kappa shape index (κ2) is 5.05. The van der Waals surface area contributed by atoms with Crippen molar-refractivity contribution in [1.29, 1.82) is 0 Å². The minimum Gasteiger partial charge on any atom is -0.359 e. The van der Waals surface area contributed by atoms with Gasteiger partial charge in [-0.05, 0) is 63.0 Å². The Bertz CT molecular complexity index is 678. The van der Waals surface area contributed by atoms with E-state index in [2.05, 4.69) is 10.1 Å². The molecule has 1 aromatic heterocycles. The van der Waals surface area contributed by atoms with Gasteiger partial charge in [0.25, 0.3) is 5.91 Å². The Kier molecular flexibility index (Phi) is 3.22. The summed E-state index contributed by atoms with van der Waals surface area (Å²) in [6, 6.07) is 3.52. The molecule has 0 spiro atoms. The van der Waals surface area contributed by atoms with Crippen LogP contribution in [0.1, 0.15) is 50.0 Å². The Morgan fingerprint density at radius 1 is 1.43 bits per heavy atom. The van der Waals surface area contributed by atoms with E-state index in [9.17, 15) is 9.59 Å². The Balaban J connectivity index is 1.54. The smallest absolute Gasteiger partial charge is 0.255 e.